The molecule has 7 nitrogen and oxygen atoms in total. The van der Waals surface area contributed by atoms with Crippen molar-refractivity contribution in [1.82, 2.24) is 25.1 Å². The van der Waals surface area contributed by atoms with Crippen LogP contribution in [-0.2, 0) is 7.05 Å². The van der Waals surface area contributed by atoms with Crippen LogP contribution in [0, 0.1) is 18.8 Å². The number of fused-ring (bicyclic) bond motifs is 1. The van der Waals surface area contributed by atoms with E-state index in [-0.39, 0.29) is 0 Å². The summed E-state index contributed by atoms with van der Waals surface area (Å²) in [5, 5.41) is 15.1. The second-order valence-electron chi connectivity index (χ2n) is 6.81. The summed E-state index contributed by atoms with van der Waals surface area (Å²) in [6, 6.07) is 0.433. The Balaban J connectivity index is 1.48. The topological polar surface area (TPSA) is 79.7 Å². The molecule has 1 aliphatic heterocycles. The van der Waals surface area contributed by atoms with Crippen molar-refractivity contribution >= 4 is 29.1 Å². The van der Waals surface area contributed by atoms with Gasteiger partial charge in [0.15, 0.2) is 5.82 Å². The van der Waals surface area contributed by atoms with Crippen molar-refractivity contribution in [2.24, 2.45) is 18.9 Å². The average Bonchev–Trinajstić information content (AvgIpc) is 3.18. The van der Waals surface area contributed by atoms with Gasteiger partial charge in [-0.1, -0.05) is 11.6 Å². The number of halogens is 1. The molecule has 2 aromatic heterocycles. The number of nitrogens with one attached hydrogen (secondary N) is 3. The van der Waals surface area contributed by atoms with Crippen molar-refractivity contribution in [1.29, 1.82) is 0 Å². The standard InChI is InChI=1S/C16H22ClN7/c1-9-14(8-24(2)23-9)21-16-19-7-13(17)15(22-16)20-12-3-10-5-18-6-11(10)4-12/h7-8,10-12,18H,3-6H2,1-2H3,(H2,19,20,21,22). The minimum atomic E-state index is 0.433. The van der Waals surface area contributed by atoms with Crippen LogP contribution in [0.15, 0.2) is 12.4 Å². The first-order chi connectivity index (χ1) is 11.6. The van der Waals surface area contributed by atoms with Crippen LogP contribution < -0.4 is 16.0 Å². The van der Waals surface area contributed by atoms with Crippen LogP contribution in [0.25, 0.3) is 0 Å². The highest BCUT2D eigenvalue weighted by Crippen LogP contribution is 2.36. The summed E-state index contributed by atoms with van der Waals surface area (Å²) < 4.78 is 1.76. The molecule has 0 bridgehead atoms. The first kappa shape index (κ1) is 15.7. The summed E-state index contributed by atoms with van der Waals surface area (Å²) >= 11 is 6.29. The summed E-state index contributed by atoms with van der Waals surface area (Å²) in [5.74, 6) is 2.78. The van der Waals surface area contributed by atoms with Gasteiger partial charge in [0.25, 0.3) is 0 Å². The van der Waals surface area contributed by atoms with Gasteiger partial charge in [0.1, 0.15) is 5.02 Å². The quantitative estimate of drug-likeness (QED) is 0.787. The smallest absolute Gasteiger partial charge is 0.229 e. The molecule has 2 atom stereocenters. The Morgan fingerprint density at radius 3 is 2.71 bits per heavy atom. The normalized spacial score (nSPS) is 25.7. The summed E-state index contributed by atoms with van der Waals surface area (Å²) in [5.41, 5.74) is 1.80. The van der Waals surface area contributed by atoms with Crippen molar-refractivity contribution in [3.05, 3.63) is 23.1 Å². The predicted octanol–water partition coefficient (Wildman–Crippen LogP) is 2.33. The monoisotopic (exact) mass is 347 g/mol. The lowest BCUT2D eigenvalue weighted by Gasteiger charge is -2.16. The maximum absolute atomic E-state index is 6.29. The van der Waals surface area contributed by atoms with E-state index in [0.717, 1.165) is 36.3 Å². The third-order valence-electron chi connectivity index (χ3n) is 5.00. The molecule has 3 heterocycles. The van der Waals surface area contributed by atoms with Gasteiger partial charge in [-0.3, -0.25) is 4.68 Å². The van der Waals surface area contributed by atoms with Gasteiger partial charge in [0.2, 0.25) is 5.95 Å². The minimum Gasteiger partial charge on any atom is -0.366 e. The Hall–Kier alpha value is -1.86. The van der Waals surface area contributed by atoms with Gasteiger partial charge in [-0.2, -0.15) is 10.1 Å². The molecule has 0 aromatic carbocycles. The van der Waals surface area contributed by atoms with Crippen LogP contribution in [0.2, 0.25) is 5.02 Å². The van der Waals surface area contributed by atoms with Crippen LogP contribution in [0.5, 0.6) is 0 Å². The molecule has 2 aromatic rings. The molecule has 0 radical (unpaired) electrons. The number of hydrogen-bond acceptors (Lipinski definition) is 6. The molecule has 1 aliphatic carbocycles. The van der Waals surface area contributed by atoms with Crippen molar-refractivity contribution in [2.75, 3.05) is 23.7 Å². The molecule has 24 heavy (non-hydrogen) atoms. The van der Waals surface area contributed by atoms with Crippen LogP contribution >= 0.6 is 11.6 Å². The first-order valence-electron chi connectivity index (χ1n) is 8.35. The van der Waals surface area contributed by atoms with E-state index in [0.29, 0.717) is 22.8 Å². The van der Waals surface area contributed by atoms with E-state index >= 15 is 0 Å². The molecule has 2 aliphatic rings. The maximum Gasteiger partial charge on any atom is 0.229 e. The fraction of sp³-hybridized carbons (Fsp3) is 0.562. The van der Waals surface area contributed by atoms with E-state index in [1.807, 2.05) is 20.2 Å². The van der Waals surface area contributed by atoms with Gasteiger partial charge in [-0.15, -0.1) is 0 Å². The van der Waals surface area contributed by atoms with Crippen LogP contribution in [-0.4, -0.2) is 38.9 Å². The average molecular weight is 348 g/mol. The van der Waals surface area contributed by atoms with E-state index < -0.39 is 0 Å². The van der Waals surface area contributed by atoms with Crippen molar-refractivity contribution in [3.63, 3.8) is 0 Å². The first-order valence-corrected chi connectivity index (χ1v) is 8.73. The van der Waals surface area contributed by atoms with Gasteiger partial charge in [-0.05, 0) is 44.7 Å². The maximum atomic E-state index is 6.29. The van der Waals surface area contributed by atoms with Gasteiger partial charge >= 0.3 is 0 Å². The number of rotatable bonds is 4. The number of aromatic nitrogens is 4. The molecule has 1 saturated heterocycles. The van der Waals surface area contributed by atoms with Gasteiger partial charge < -0.3 is 16.0 Å². The van der Waals surface area contributed by atoms with Gasteiger partial charge in [-0.25, -0.2) is 4.98 Å². The summed E-state index contributed by atoms with van der Waals surface area (Å²) in [7, 11) is 1.89. The molecule has 8 heteroatoms. The van der Waals surface area contributed by atoms with Crippen LogP contribution in [0.3, 0.4) is 0 Å². The van der Waals surface area contributed by atoms with E-state index in [9.17, 15) is 0 Å². The lowest BCUT2D eigenvalue weighted by molar-refractivity contribution is 0.494. The van der Waals surface area contributed by atoms with Crippen LogP contribution in [0.1, 0.15) is 18.5 Å². The fourth-order valence-corrected chi connectivity index (χ4v) is 3.99. The zero-order chi connectivity index (χ0) is 16.7. The SMILES string of the molecule is Cc1nn(C)cc1Nc1ncc(Cl)c(NC2CC3CNCC3C2)n1. The lowest BCUT2D eigenvalue weighted by Crippen LogP contribution is -2.21. The van der Waals surface area contributed by atoms with E-state index in [4.69, 9.17) is 11.6 Å². The number of aryl methyl sites for hydroxylation is 2. The molecule has 2 fully saturated rings. The third-order valence-corrected chi connectivity index (χ3v) is 5.28. The highest BCUT2D eigenvalue weighted by Gasteiger charge is 2.37. The molecular weight excluding hydrogens is 326 g/mol. The zero-order valence-electron chi connectivity index (χ0n) is 13.9. The van der Waals surface area contributed by atoms with Crippen LogP contribution in [0.4, 0.5) is 17.5 Å². The van der Waals surface area contributed by atoms with Gasteiger partial charge in [0, 0.05) is 19.3 Å². The highest BCUT2D eigenvalue weighted by molar-refractivity contribution is 6.32. The van der Waals surface area contributed by atoms with E-state index in [2.05, 4.69) is 31.0 Å². The Morgan fingerprint density at radius 1 is 1.29 bits per heavy atom. The molecule has 4 rings (SSSR count). The lowest BCUT2D eigenvalue weighted by atomic mass is 10.0. The Morgan fingerprint density at radius 2 is 2.04 bits per heavy atom. The third kappa shape index (κ3) is 3.06. The second-order valence-corrected chi connectivity index (χ2v) is 7.22. The van der Waals surface area contributed by atoms with Crippen molar-refractivity contribution < 1.29 is 0 Å². The predicted molar refractivity (Wildman–Crippen MR) is 94.8 cm³/mol. The molecular formula is C16H22ClN7. The van der Waals surface area contributed by atoms with Gasteiger partial charge in [0.05, 0.1) is 17.6 Å². The molecule has 0 spiro atoms. The minimum absolute atomic E-state index is 0.433. The van der Waals surface area contributed by atoms with Crippen molar-refractivity contribution in [2.45, 2.75) is 25.8 Å². The summed E-state index contributed by atoms with van der Waals surface area (Å²) in [6.07, 6.45) is 5.89. The second kappa shape index (κ2) is 6.22. The Bertz CT molecular complexity index is 732. The Labute approximate surface area is 146 Å². The molecule has 3 N–H and O–H groups in total. The van der Waals surface area contributed by atoms with E-state index in [1.54, 1.807) is 10.9 Å². The van der Waals surface area contributed by atoms with E-state index in [1.165, 1.54) is 12.8 Å². The molecule has 0 amide bonds. The number of nitrogens with zero attached hydrogens (tertiary/aromatic N) is 4. The zero-order valence-corrected chi connectivity index (χ0v) is 14.6. The molecule has 2 unspecified atom stereocenters. The number of anilines is 3. The summed E-state index contributed by atoms with van der Waals surface area (Å²) in [6.45, 7) is 4.21. The Kier molecular flexibility index (Phi) is 4.05. The number of hydrogen-bond donors (Lipinski definition) is 3. The van der Waals surface area contributed by atoms with Crippen molar-refractivity contribution in [3.8, 4) is 0 Å². The molecule has 1 saturated carbocycles. The summed E-state index contributed by atoms with van der Waals surface area (Å²) in [4.78, 5) is 8.83. The fourth-order valence-electron chi connectivity index (χ4n) is 3.85. The largest absolute Gasteiger partial charge is 0.366 e. The molecule has 128 valence electrons. The highest BCUT2D eigenvalue weighted by atomic mass is 35.5.